The maximum Gasteiger partial charge on any atom is 0.280 e. The molecule has 0 aliphatic carbocycles. The van der Waals surface area contributed by atoms with Gasteiger partial charge < -0.3 is 11.1 Å². The molecule has 8 heteroatoms. The van der Waals surface area contributed by atoms with Crippen LogP contribution in [0.4, 0.5) is 15.9 Å². The van der Waals surface area contributed by atoms with Crippen LogP contribution in [0.25, 0.3) is 5.69 Å². The minimum Gasteiger partial charge on any atom is -0.382 e. The molecule has 0 radical (unpaired) electrons. The van der Waals surface area contributed by atoms with Crippen molar-refractivity contribution < 1.29 is 14.0 Å². The lowest BCUT2D eigenvalue weighted by Gasteiger charge is -2.05. The van der Waals surface area contributed by atoms with Gasteiger partial charge in [0.05, 0.1) is 5.69 Å². The van der Waals surface area contributed by atoms with Gasteiger partial charge in [-0.1, -0.05) is 5.21 Å². The summed E-state index contributed by atoms with van der Waals surface area (Å²) in [7, 11) is 0. The van der Waals surface area contributed by atoms with Crippen LogP contribution in [0, 0.1) is 5.82 Å². The zero-order chi connectivity index (χ0) is 18.0. The second-order valence-electron chi connectivity index (χ2n) is 5.30. The van der Waals surface area contributed by atoms with Crippen LogP contribution in [0.5, 0.6) is 0 Å². The van der Waals surface area contributed by atoms with Crippen LogP contribution in [-0.4, -0.2) is 26.7 Å². The highest BCUT2D eigenvalue weighted by Gasteiger charge is 2.18. The van der Waals surface area contributed by atoms with Crippen LogP contribution >= 0.6 is 0 Å². The third-order valence-electron chi connectivity index (χ3n) is 3.54. The number of halogens is 1. The number of amides is 1. The Labute approximate surface area is 142 Å². The van der Waals surface area contributed by atoms with Crippen LogP contribution in [-0.2, 0) is 0 Å². The molecule has 1 amide bonds. The average molecular weight is 339 g/mol. The maximum absolute atomic E-state index is 13.0. The summed E-state index contributed by atoms with van der Waals surface area (Å²) in [5.74, 6) is -0.968. The van der Waals surface area contributed by atoms with Gasteiger partial charge in [-0.15, -0.1) is 5.10 Å². The monoisotopic (exact) mass is 339 g/mol. The Morgan fingerprint density at radius 2 is 1.72 bits per heavy atom. The largest absolute Gasteiger partial charge is 0.382 e. The molecule has 0 atom stereocenters. The van der Waals surface area contributed by atoms with E-state index < -0.39 is 11.7 Å². The lowest BCUT2D eigenvalue weighted by Crippen LogP contribution is -2.15. The molecule has 3 aromatic rings. The van der Waals surface area contributed by atoms with Crippen molar-refractivity contribution in [2.75, 3.05) is 11.1 Å². The number of benzene rings is 2. The second-order valence-corrected chi connectivity index (χ2v) is 5.30. The van der Waals surface area contributed by atoms with Crippen molar-refractivity contribution in [1.82, 2.24) is 15.0 Å². The Morgan fingerprint density at radius 1 is 1.08 bits per heavy atom. The van der Waals surface area contributed by atoms with E-state index in [2.05, 4.69) is 15.6 Å². The van der Waals surface area contributed by atoms with E-state index in [0.717, 1.165) is 0 Å². The second kappa shape index (κ2) is 6.52. The Kier molecular flexibility index (Phi) is 4.25. The number of carbonyl (C=O) groups excluding carboxylic acids is 2. The van der Waals surface area contributed by atoms with E-state index in [0.29, 0.717) is 16.9 Å². The summed E-state index contributed by atoms with van der Waals surface area (Å²) in [6, 6.07) is 11.9. The van der Waals surface area contributed by atoms with Crippen molar-refractivity contribution >= 4 is 23.2 Å². The average Bonchev–Trinajstić information content (AvgIpc) is 2.98. The van der Waals surface area contributed by atoms with Gasteiger partial charge >= 0.3 is 0 Å². The molecule has 0 unspecified atom stereocenters. The third-order valence-corrected chi connectivity index (χ3v) is 3.54. The number of nitrogens with two attached hydrogens (primary N) is 1. The van der Waals surface area contributed by atoms with Crippen molar-refractivity contribution in [2.45, 2.75) is 6.92 Å². The lowest BCUT2D eigenvalue weighted by molar-refractivity contribution is 0.101. The molecule has 126 valence electrons. The zero-order valence-corrected chi connectivity index (χ0v) is 13.2. The highest BCUT2D eigenvalue weighted by Crippen LogP contribution is 2.17. The molecule has 1 heterocycles. The Bertz CT molecular complexity index is 933. The molecule has 0 spiro atoms. The van der Waals surface area contributed by atoms with Gasteiger partial charge in [0.2, 0.25) is 0 Å². The molecule has 25 heavy (non-hydrogen) atoms. The van der Waals surface area contributed by atoms with Crippen LogP contribution in [0.15, 0.2) is 48.5 Å². The van der Waals surface area contributed by atoms with Gasteiger partial charge in [-0.05, 0) is 55.5 Å². The summed E-state index contributed by atoms with van der Waals surface area (Å²) >= 11 is 0. The standard InChI is InChI=1S/C17H14FN5O2/c1-10(24)11-2-6-13(7-3-11)20-17(25)15-16(19)23(22-21-15)14-8-4-12(18)5-9-14/h2-9H,19H2,1H3,(H,20,25). The number of nitrogens with one attached hydrogen (secondary N) is 1. The summed E-state index contributed by atoms with van der Waals surface area (Å²) in [6.45, 7) is 1.46. The number of rotatable bonds is 4. The van der Waals surface area contributed by atoms with Gasteiger partial charge in [0.15, 0.2) is 17.3 Å². The van der Waals surface area contributed by atoms with Gasteiger partial charge in [0.25, 0.3) is 5.91 Å². The predicted octanol–water partition coefficient (Wildman–Crippen LogP) is 2.44. The first-order chi connectivity index (χ1) is 12.0. The summed E-state index contributed by atoms with van der Waals surface area (Å²) in [5.41, 5.74) is 7.39. The number of aromatic nitrogens is 3. The van der Waals surface area contributed by atoms with Gasteiger partial charge in [0, 0.05) is 11.3 Å². The number of ketones is 1. The molecule has 0 bridgehead atoms. The molecule has 0 aliphatic heterocycles. The number of nitrogen functional groups attached to an aromatic ring is 1. The molecule has 7 nitrogen and oxygen atoms in total. The summed E-state index contributed by atoms with van der Waals surface area (Å²) in [5, 5.41) is 10.2. The topological polar surface area (TPSA) is 103 Å². The fourth-order valence-corrected chi connectivity index (χ4v) is 2.20. The molecule has 0 aliphatic rings. The Balaban J connectivity index is 1.81. The minimum atomic E-state index is -0.540. The number of carbonyl (C=O) groups is 2. The van der Waals surface area contributed by atoms with E-state index in [9.17, 15) is 14.0 Å². The quantitative estimate of drug-likeness (QED) is 0.711. The normalized spacial score (nSPS) is 10.5. The third kappa shape index (κ3) is 3.37. The van der Waals surface area contributed by atoms with Crippen LogP contribution < -0.4 is 11.1 Å². The molecule has 0 fully saturated rings. The van der Waals surface area contributed by atoms with Crippen molar-refractivity contribution in [3.05, 3.63) is 65.6 Å². The van der Waals surface area contributed by atoms with E-state index in [-0.39, 0.29) is 17.3 Å². The van der Waals surface area contributed by atoms with Crippen LogP contribution in [0.1, 0.15) is 27.8 Å². The predicted molar refractivity (Wildman–Crippen MR) is 90.1 cm³/mol. The SMILES string of the molecule is CC(=O)c1ccc(NC(=O)c2nnn(-c3ccc(F)cc3)c2N)cc1. The molecule has 2 aromatic carbocycles. The van der Waals surface area contributed by atoms with Gasteiger partial charge in [0.1, 0.15) is 5.82 Å². The van der Waals surface area contributed by atoms with E-state index in [1.54, 1.807) is 24.3 Å². The van der Waals surface area contributed by atoms with Crippen LogP contribution in [0.3, 0.4) is 0 Å². The zero-order valence-electron chi connectivity index (χ0n) is 13.2. The summed E-state index contributed by atoms with van der Waals surface area (Å²) in [4.78, 5) is 23.6. The number of hydrogen-bond acceptors (Lipinski definition) is 5. The fourth-order valence-electron chi connectivity index (χ4n) is 2.20. The first kappa shape index (κ1) is 16.3. The molecule has 1 aromatic heterocycles. The number of anilines is 2. The highest BCUT2D eigenvalue weighted by atomic mass is 19.1. The first-order valence-electron chi connectivity index (χ1n) is 7.35. The van der Waals surface area contributed by atoms with Gasteiger partial charge in [-0.25, -0.2) is 4.39 Å². The molecule has 3 rings (SSSR count). The molecular weight excluding hydrogens is 325 g/mol. The maximum atomic E-state index is 13.0. The number of Topliss-reactive ketones (excluding diaryl/α,β-unsaturated/α-hetero) is 1. The Hall–Kier alpha value is -3.55. The van der Waals surface area contributed by atoms with Crippen molar-refractivity contribution in [3.8, 4) is 5.69 Å². The number of hydrogen-bond donors (Lipinski definition) is 2. The molecule has 0 saturated carbocycles. The van der Waals surface area contributed by atoms with Crippen LogP contribution in [0.2, 0.25) is 0 Å². The first-order valence-corrected chi connectivity index (χ1v) is 7.35. The van der Waals surface area contributed by atoms with Gasteiger partial charge in [-0.2, -0.15) is 4.68 Å². The smallest absolute Gasteiger partial charge is 0.280 e. The van der Waals surface area contributed by atoms with E-state index in [1.165, 1.54) is 35.9 Å². The molecule has 0 saturated heterocycles. The van der Waals surface area contributed by atoms with Crippen molar-refractivity contribution in [1.29, 1.82) is 0 Å². The summed E-state index contributed by atoms with van der Waals surface area (Å²) in [6.07, 6.45) is 0. The van der Waals surface area contributed by atoms with E-state index >= 15 is 0 Å². The summed E-state index contributed by atoms with van der Waals surface area (Å²) < 4.78 is 14.2. The van der Waals surface area contributed by atoms with Gasteiger partial charge in [-0.3, -0.25) is 9.59 Å². The Morgan fingerprint density at radius 3 is 2.32 bits per heavy atom. The van der Waals surface area contributed by atoms with Crippen molar-refractivity contribution in [2.24, 2.45) is 0 Å². The van der Waals surface area contributed by atoms with E-state index in [1.807, 2.05) is 0 Å². The fraction of sp³-hybridized carbons (Fsp3) is 0.0588. The minimum absolute atomic E-state index is 0.0319. The van der Waals surface area contributed by atoms with E-state index in [4.69, 9.17) is 5.73 Å². The highest BCUT2D eigenvalue weighted by molar-refractivity contribution is 6.06. The molecular formula is C17H14FN5O2. The molecule has 3 N–H and O–H groups in total. The lowest BCUT2D eigenvalue weighted by atomic mass is 10.1. The number of nitrogens with zero attached hydrogens (tertiary/aromatic N) is 3. The van der Waals surface area contributed by atoms with Crippen molar-refractivity contribution in [3.63, 3.8) is 0 Å².